The molecule has 1 aromatic carbocycles. The van der Waals surface area contributed by atoms with Crippen LogP contribution in [0.25, 0.3) is 0 Å². The number of ether oxygens (including phenoxy) is 1. The van der Waals surface area contributed by atoms with Crippen molar-refractivity contribution in [1.82, 2.24) is 14.5 Å². The zero-order valence-corrected chi connectivity index (χ0v) is 18.2. The summed E-state index contributed by atoms with van der Waals surface area (Å²) in [5.41, 5.74) is 0. The zero-order chi connectivity index (χ0) is 20.9. The summed E-state index contributed by atoms with van der Waals surface area (Å²) in [5.74, 6) is 0.472. The molecule has 0 aliphatic carbocycles. The smallest absolute Gasteiger partial charge is 0.243 e. The third kappa shape index (κ3) is 6.01. The topological polar surface area (TPSA) is 79.0 Å². The molecule has 7 nitrogen and oxygen atoms in total. The molecule has 1 N–H and O–H groups in total. The fourth-order valence-electron chi connectivity index (χ4n) is 4.04. The molecule has 2 aliphatic rings. The van der Waals surface area contributed by atoms with E-state index in [1.54, 1.807) is 30.3 Å². The molecule has 1 aromatic rings. The van der Waals surface area contributed by atoms with Crippen molar-refractivity contribution in [2.45, 2.75) is 37.7 Å². The predicted molar refractivity (Wildman–Crippen MR) is 112 cm³/mol. The van der Waals surface area contributed by atoms with Gasteiger partial charge in [0.05, 0.1) is 17.6 Å². The third-order valence-electron chi connectivity index (χ3n) is 5.56. The first-order chi connectivity index (χ1) is 13.9. The first kappa shape index (κ1) is 22.2. The van der Waals surface area contributed by atoms with Crippen LogP contribution in [0.5, 0.6) is 0 Å². The van der Waals surface area contributed by atoms with Crippen molar-refractivity contribution < 1.29 is 17.9 Å². The molecule has 0 radical (unpaired) electrons. The van der Waals surface area contributed by atoms with Crippen LogP contribution in [0.3, 0.4) is 0 Å². The van der Waals surface area contributed by atoms with Crippen molar-refractivity contribution >= 4 is 15.9 Å². The fourth-order valence-corrected chi connectivity index (χ4v) is 5.54. The highest BCUT2D eigenvalue weighted by molar-refractivity contribution is 7.89. The molecule has 2 aliphatic heterocycles. The van der Waals surface area contributed by atoms with Crippen molar-refractivity contribution in [2.75, 3.05) is 45.9 Å². The Morgan fingerprint density at radius 1 is 1.17 bits per heavy atom. The normalized spacial score (nSPS) is 22.7. The molecule has 162 valence electrons. The molecule has 8 heteroatoms. The third-order valence-corrected chi connectivity index (χ3v) is 7.47. The number of morpholine rings is 1. The van der Waals surface area contributed by atoms with E-state index in [0.717, 1.165) is 19.6 Å². The van der Waals surface area contributed by atoms with Crippen LogP contribution in [0.15, 0.2) is 35.2 Å². The second-order valence-corrected chi connectivity index (χ2v) is 10.3. The van der Waals surface area contributed by atoms with Gasteiger partial charge in [-0.1, -0.05) is 32.0 Å². The second-order valence-electron chi connectivity index (χ2n) is 8.38. The van der Waals surface area contributed by atoms with Crippen LogP contribution in [-0.2, 0) is 19.6 Å². The van der Waals surface area contributed by atoms with Crippen LogP contribution in [-0.4, -0.2) is 75.5 Å². The number of carbonyl (C=O) groups is 1. The minimum Gasteiger partial charge on any atom is -0.374 e. The number of rotatable bonds is 7. The lowest BCUT2D eigenvalue weighted by molar-refractivity contribution is -0.127. The van der Waals surface area contributed by atoms with Crippen LogP contribution in [0.2, 0.25) is 0 Å². The molecular formula is C21H33N3O4S. The summed E-state index contributed by atoms with van der Waals surface area (Å²) >= 11 is 0. The van der Waals surface area contributed by atoms with Gasteiger partial charge in [0, 0.05) is 45.2 Å². The first-order valence-corrected chi connectivity index (χ1v) is 12.0. The number of hydrogen-bond acceptors (Lipinski definition) is 5. The van der Waals surface area contributed by atoms with Gasteiger partial charge in [0.15, 0.2) is 0 Å². The van der Waals surface area contributed by atoms with E-state index in [4.69, 9.17) is 4.74 Å². The molecular weight excluding hydrogens is 390 g/mol. The number of amides is 1. The maximum absolute atomic E-state index is 12.7. The molecule has 2 saturated heterocycles. The summed E-state index contributed by atoms with van der Waals surface area (Å²) in [6.45, 7) is 9.19. The highest BCUT2D eigenvalue weighted by atomic mass is 32.2. The van der Waals surface area contributed by atoms with Gasteiger partial charge in [-0.2, -0.15) is 4.31 Å². The van der Waals surface area contributed by atoms with Crippen LogP contribution < -0.4 is 5.32 Å². The minimum absolute atomic E-state index is 0.00587. The lowest BCUT2D eigenvalue weighted by atomic mass is 9.97. The van der Waals surface area contributed by atoms with Gasteiger partial charge in [0.2, 0.25) is 15.9 Å². The largest absolute Gasteiger partial charge is 0.374 e. The molecule has 1 amide bonds. The summed E-state index contributed by atoms with van der Waals surface area (Å²) in [6.07, 6.45) is 1.11. The molecule has 3 rings (SSSR count). The molecule has 0 saturated carbocycles. The molecule has 0 spiro atoms. The first-order valence-electron chi connectivity index (χ1n) is 10.5. The van der Waals surface area contributed by atoms with Gasteiger partial charge in [0.1, 0.15) is 0 Å². The van der Waals surface area contributed by atoms with E-state index in [-0.39, 0.29) is 17.9 Å². The Morgan fingerprint density at radius 3 is 2.52 bits per heavy atom. The van der Waals surface area contributed by atoms with Crippen LogP contribution >= 0.6 is 0 Å². The summed E-state index contributed by atoms with van der Waals surface area (Å²) in [7, 11) is -3.48. The Kier molecular flexibility index (Phi) is 7.67. The van der Waals surface area contributed by atoms with Gasteiger partial charge in [-0.25, -0.2) is 8.42 Å². The van der Waals surface area contributed by atoms with E-state index < -0.39 is 10.0 Å². The van der Waals surface area contributed by atoms with Crippen molar-refractivity contribution in [3.8, 4) is 0 Å². The standard InChI is InChI=1S/C21H33N3O4S/c1-17(2)15-23-12-13-28-19(16-23)14-22-21(25)18-8-10-24(11-9-18)29(26,27)20-6-4-3-5-7-20/h3-7,17-19H,8-16H2,1-2H3,(H,22,25)/t19-/m0/s1. The van der Waals surface area contributed by atoms with Gasteiger partial charge in [0.25, 0.3) is 0 Å². The predicted octanol–water partition coefficient (Wildman–Crippen LogP) is 1.56. The lowest BCUT2D eigenvalue weighted by Crippen LogP contribution is -2.50. The molecule has 0 bridgehead atoms. The van der Waals surface area contributed by atoms with Gasteiger partial charge in [-0.3, -0.25) is 9.69 Å². The maximum atomic E-state index is 12.7. The van der Waals surface area contributed by atoms with E-state index in [1.807, 2.05) is 0 Å². The number of nitrogens with one attached hydrogen (secondary N) is 1. The van der Waals surface area contributed by atoms with Gasteiger partial charge in [-0.15, -0.1) is 0 Å². The van der Waals surface area contributed by atoms with E-state index in [9.17, 15) is 13.2 Å². The SMILES string of the molecule is CC(C)CN1CCO[C@@H](CNC(=O)C2CCN(S(=O)(=O)c3ccccc3)CC2)C1. The second kappa shape index (κ2) is 10.0. The van der Waals surface area contributed by atoms with Crippen molar-refractivity contribution in [1.29, 1.82) is 0 Å². The molecule has 0 unspecified atom stereocenters. The van der Waals surface area contributed by atoms with Crippen LogP contribution in [0.1, 0.15) is 26.7 Å². The number of benzene rings is 1. The van der Waals surface area contributed by atoms with Gasteiger partial charge >= 0.3 is 0 Å². The van der Waals surface area contributed by atoms with Crippen LogP contribution in [0, 0.1) is 11.8 Å². The molecule has 2 fully saturated rings. The van der Waals surface area contributed by atoms with Crippen molar-refractivity contribution in [2.24, 2.45) is 11.8 Å². The average Bonchev–Trinajstić information content (AvgIpc) is 2.72. The molecule has 2 heterocycles. The Balaban J connectivity index is 1.44. The van der Waals surface area contributed by atoms with E-state index in [1.165, 1.54) is 4.31 Å². The van der Waals surface area contributed by atoms with E-state index >= 15 is 0 Å². The van der Waals surface area contributed by atoms with Crippen molar-refractivity contribution in [3.05, 3.63) is 30.3 Å². The van der Waals surface area contributed by atoms with Crippen molar-refractivity contribution in [3.63, 3.8) is 0 Å². The average molecular weight is 424 g/mol. The lowest BCUT2D eigenvalue weighted by Gasteiger charge is -2.34. The Morgan fingerprint density at radius 2 is 1.86 bits per heavy atom. The van der Waals surface area contributed by atoms with Gasteiger partial charge in [-0.05, 0) is 30.9 Å². The number of carbonyl (C=O) groups excluding carboxylic acids is 1. The highest BCUT2D eigenvalue weighted by Gasteiger charge is 2.32. The van der Waals surface area contributed by atoms with Crippen LogP contribution in [0.4, 0.5) is 0 Å². The van der Waals surface area contributed by atoms with E-state index in [2.05, 4.69) is 24.1 Å². The minimum atomic E-state index is -3.48. The molecule has 29 heavy (non-hydrogen) atoms. The summed E-state index contributed by atoms with van der Waals surface area (Å²) in [6, 6.07) is 8.47. The quantitative estimate of drug-likeness (QED) is 0.720. The Labute approximate surface area is 174 Å². The Hall–Kier alpha value is -1.48. The number of piperidine rings is 1. The number of hydrogen-bond donors (Lipinski definition) is 1. The number of sulfonamides is 1. The molecule has 0 aromatic heterocycles. The molecule has 1 atom stereocenters. The fraction of sp³-hybridized carbons (Fsp3) is 0.667. The summed E-state index contributed by atoms with van der Waals surface area (Å²) < 4.78 is 32.7. The Bertz CT molecular complexity index is 761. The summed E-state index contributed by atoms with van der Waals surface area (Å²) in [5, 5.41) is 3.02. The van der Waals surface area contributed by atoms with E-state index in [0.29, 0.717) is 49.9 Å². The zero-order valence-electron chi connectivity index (χ0n) is 17.4. The number of nitrogens with zero attached hydrogens (tertiary/aromatic N) is 2. The van der Waals surface area contributed by atoms with Gasteiger partial charge < -0.3 is 10.1 Å². The highest BCUT2D eigenvalue weighted by Crippen LogP contribution is 2.24. The summed E-state index contributed by atoms with van der Waals surface area (Å²) in [4.78, 5) is 15.3. The monoisotopic (exact) mass is 423 g/mol. The maximum Gasteiger partial charge on any atom is 0.243 e.